The molecule has 0 saturated heterocycles. The second-order valence-corrected chi connectivity index (χ2v) is 6.61. The first-order chi connectivity index (χ1) is 13.6. The number of fused-ring (bicyclic) bond motifs is 2. The van der Waals surface area contributed by atoms with Crippen molar-refractivity contribution in [2.75, 3.05) is 20.8 Å². The number of carbonyl (C=O) groups is 1. The number of hydrogen-bond donors (Lipinski definition) is 0. The Labute approximate surface area is 161 Å². The fraction of sp³-hybridized carbons (Fsp3) is 0.300. The molecule has 0 spiro atoms. The van der Waals surface area contributed by atoms with Gasteiger partial charge in [0.1, 0.15) is 12.1 Å². The molecule has 1 amide bonds. The second kappa shape index (κ2) is 7.30. The van der Waals surface area contributed by atoms with Gasteiger partial charge in [-0.2, -0.15) is 0 Å². The predicted molar refractivity (Wildman–Crippen MR) is 102 cm³/mol. The number of hydrogen-bond acceptors (Lipinski definition) is 6. The number of methoxy groups -OCH3 is 2. The van der Waals surface area contributed by atoms with E-state index in [9.17, 15) is 9.59 Å². The fourth-order valence-corrected chi connectivity index (χ4v) is 3.45. The van der Waals surface area contributed by atoms with E-state index in [1.807, 2.05) is 12.1 Å². The Kier molecular flexibility index (Phi) is 4.68. The van der Waals surface area contributed by atoms with Gasteiger partial charge in [-0.3, -0.25) is 9.59 Å². The third-order valence-electron chi connectivity index (χ3n) is 4.99. The summed E-state index contributed by atoms with van der Waals surface area (Å²) in [5, 5.41) is 8.39. The molecule has 8 heteroatoms. The fourth-order valence-electron chi connectivity index (χ4n) is 3.45. The molecule has 0 radical (unpaired) electrons. The predicted octanol–water partition coefficient (Wildman–Crippen LogP) is 1.39. The van der Waals surface area contributed by atoms with Crippen LogP contribution in [-0.4, -0.2) is 46.6 Å². The molecule has 4 rings (SSSR count). The molecule has 0 saturated carbocycles. The lowest BCUT2D eigenvalue weighted by Crippen LogP contribution is -2.40. The number of nitrogens with zero attached hydrogens (tertiary/aromatic N) is 4. The van der Waals surface area contributed by atoms with Crippen LogP contribution < -0.4 is 15.0 Å². The maximum absolute atomic E-state index is 12.8. The topological polar surface area (TPSA) is 86.6 Å². The quantitative estimate of drug-likeness (QED) is 0.680. The van der Waals surface area contributed by atoms with E-state index < -0.39 is 0 Å². The SMILES string of the molecule is COc1cc2c(cc1OC)CN(C(=O)Cn1nnc3ccccc3c1=O)CC2. The first-order valence-electron chi connectivity index (χ1n) is 8.95. The van der Waals surface area contributed by atoms with E-state index in [2.05, 4.69) is 10.3 Å². The number of aromatic nitrogens is 3. The largest absolute Gasteiger partial charge is 0.493 e. The Balaban J connectivity index is 1.56. The van der Waals surface area contributed by atoms with Crippen LogP contribution in [0.3, 0.4) is 0 Å². The summed E-state index contributed by atoms with van der Waals surface area (Å²) in [6.45, 7) is 0.876. The molecular formula is C20H20N4O4. The molecule has 1 aliphatic heterocycles. The Morgan fingerprint density at radius 1 is 1.11 bits per heavy atom. The van der Waals surface area contributed by atoms with Gasteiger partial charge in [-0.15, -0.1) is 5.10 Å². The molecule has 0 aliphatic carbocycles. The Morgan fingerprint density at radius 2 is 1.82 bits per heavy atom. The van der Waals surface area contributed by atoms with E-state index in [1.165, 1.54) is 0 Å². The zero-order valence-electron chi connectivity index (χ0n) is 15.7. The van der Waals surface area contributed by atoms with E-state index in [0.717, 1.165) is 15.8 Å². The van der Waals surface area contributed by atoms with Gasteiger partial charge < -0.3 is 14.4 Å². The number of amides is 1. The summed E-state index contributed by atoms with van der Waals surface area (Å²) in [4.78, 5) is 27.1. The van der Waals surface area contributed by atoms with Gasteiger partial charge in [0.25, 0.3) is 5.56 Å². The maximum Gasteiger partial charge on any atom is 0.278 e. The second-order valence-electron chi connectivity index (χ2n) is 6.61. The molecule has 3 aromatic rings. The summed E-state index contributed by atoms with van der Waals surface area (Å²) in [6.07, 6.45) is 0.708. The number of rotatable bonds is 4. The summed E-state index contributed by atoms with van der Waals surface area (Å²) in [7, 11) is 3.19. The highest BCUT2D eigenvalue weighted by molar-refractivity contribution is 5.78. The van der Waals surface area contributed by atoms with Crippen molar-refractivity contribution in [2.24, 2.45) is 0 Å². The van der Waals surface area contributed by atoms with Crippen LogP contribution in [0.5, 0.6) is 11.5 Å². The van der Waals surface area contributed by atoms with Crippen LogP contribution in [-0.2, 0) is 24.3 Å². The van der Waals surface area contributed by atoms with E-state index in [4.69, 9.17) is 9.47 Å². The highest BCUT2D eigenvalue weighted by Crippen LogP contribution is 2.33. The number of carbonyl (C=O) groups excluding carboxylic acids is 1. The van der Waals surface area contributed by atoms with Crippen LogP contribution in [0, 0.1) is 0 Å². The van der Waals surface area contributed by atoms with Crippen molar-refractivity contribution in [3.05, 3.63) is 57.9 Å². The van der Waals surface area contributed by atoms with Crippen molar-refractivity contribution in [3.63, 3.8) is 0 Å². The van der Waals surface area contributed by atoms with E-state index in [0.29, 0.717) is 41.9 Å². The summed E-state index contributed by atoms with van der Waals surface area (Å²) >= 11 is 0. The van der Waals surface area contributed by atoms with Crippen LogP contribution >= 0.6 is 0 Å². The highest BCUT2D eigenvalue weighted by Gasteiger charge is 2.23. The molecule has 0 unspecified atom stereocenters. The van der Waals surface area contributed by atoms with Gasteiger partial charge in [0.05, 0.1) is 19.6 Å². The molecule has 0 fully saturated rings. The minimum absolute atomic E-state index is 0.140. The smallest absolute Gasteiger partial charge is 0.278 e. The monoisotopic (exact) mass is 380 g/mol. The van der Waals surface area contributed by atoms with Gasteiger partial charge in [0, 0.05) is 13.1 Å². The molecule has 144 valence electrons. The van der Waals surface area contributed by atoms with E-state index >= 15 is 0 Å². The highest BCUT2D eigenvalue weighted by atomic mass is 16.5. The lowest BCUT2D eigenvalue weighted by molar-refractivity contribution is -0.133. The maximum atomic E-state index is 12.8. The minimum Gasteiger partial charge on any atom is -0.493 e. The summed E-state index contributed by atoms with van der Waals surface area (Å²) < 4.78 is 11.8. The van der Waals surface area contributed by atoms with Crippen LogP contribution in [0.1, 0.15) is 11.1 Å². The van der Waals surface area contributed by atoms with Crippen LogP contribution in [0.4, 0.5) is 0 Å². The van der Waals surface area contributed by atoms with Crippen molar-refractivity contribution in [1.82, 2.24) is 19.9 Å². The zero-order chi connectivity index (χ0) is 19.7. The zero-order valence-corrected chi connectivity index (χ0v) is 15.7. The van der Waals surface area contributed by atoms with Crippen molar-refractivity contribution >= 4 is 16.8 Å². The van der Waals surface area contributed by atoms with E-state index in [1.54, 1.807) is 43.4 Å². The van der Waals surface area contributed by atoms with E-state index in [-0.39, 0.29) is 18.0 Å². The third kappa shape index (κ3) is 3.17. The summed E-state index contributed by atoms with van der Waals surface area (Å²) in [6, 6.07) is 10.8. The van der Waals surface area contributed by atoms with Crippen LogP contribution in [0.25, 0.3) is 10.9 Å². The first-order valence-corrected chi connectivity index (χ1v) is 8.95. The van der Waals surface area contributed by atoms with Gasteiger partial charge in [-0.05, 0) is 41.8 Å². The Morgan fingerprint density at radius 3 is 2.57 bits per heavy atom. The van der Waals surface area contributed by atoms with Gasteiger partial charge in [-0.25, -0.2) is 4.68 Å². The van der Waals surface area contributed by atoms with Crippen molar-refractivity contribution in [3.8, 4) is 11.5 Å². The van der Waals surface area contributed by atoms with Crippen molar-refractivity contribution in [1.29, 1.82) is 0 Å². The molecule has 0 bridgehead atoms. The lowest BCUT2D eigenvalue weighted by Gasteiger charge is -2.29. The van der Waals surface area contributed by atoms with Gasteiger partial charge in [-0.1, -0.05) is 17.3 Å². The molecule has 8 nitrogen and oxygen atoms in total. The number of benzene rings is 2. The molecule has 2 aromatic carbocycles. The average Bonchev–Trinajstić information content (AvgIpc) is 2.74. The molecule has 1 aromatic heterocycles. The Hall–Kier alpha value is -3.42. The first kappa shape index (κ1) is 18.0. The standard InChI is InChI=1S/C20H20N4O4/c1-27-17-9-13-7-8-23(11-14(13)10-18(17)28-2)19(25)12-24-20(26)15-5-3-4-6-16(15)21-22-24/h3-6,9-10H,7-8,11-12H2,1-2H3. The van der Waals surface area contributed by atoms with Gasteiger partial charge >= 0.3 is 0 Å². The average molecular weight is 380 g/mol. The van der Waals surface area contributed by atoms with Crippen molar-refractivity contribution < 1.29 is 14.3 Å². The molecular weight excluding hydrogens is 360 g/mol. The molecule has 1 aliphatic rings. The summed E-state index contributed by atoms with van der Waals surface area (Å²) in [5.74, 6) is 1.14. The van der Waals surface area contributed by atoms with Gasteiger partial charge in [0.2, 0.25) is 5.91 Å². The minimum atomic E-state index is -0.317. The lowest BCUT2D eigenvalue weighted by atomic mass is 9.98. The van der Waals surface area contributed by atoms with Crippen molar-refractivity contribution in [2.45, 2.75) is 19.5 Å². The normalized spacial score (nSPS) is 13.3. The van der Waals surface area contributed by atoms with Crippen LogP contribution in [0.15, 0.2) is 41.2 Å². The summed E-state index contributed by atoms with van der Waals surface area (Å²) in [5.41, 5.74) is 2.34. The molecule has 0 atom stereocenters. The third-order valence-corrected chi connectivity index (χ3v) is 4.99. The molecule has 2 heterocycles. The van der Waals surface area contributed by atoms with Crippen LogP contribution in [0.2, 0.25) is 0 Å². The molecule has 0 N–H and O–H groups in total. The van der Waals surface area contributed by atoms with Gasteiger partial charge in [0.15, 0.2) is 11.5 Å². The Bertz CT molecular complexity index is 1110. The number of ether oxygens (including phenoxy) is 2. The molecule has 28 heavy (non-hydrogen) atoms.